The summed E-state index contributed by atoms with van der Waals surface area (Å²) in [6.45, 7) is 7.20. The van der Waals surface area contributed by atoms with Gasteiger partial charge in [-0.05, 0) is 18.1 Å². The van der Waals surface area contributed by atoms with Crippen molar-refractivity contribution in [2.75, 3.05) is 11.9 Å². The van der Waals surface area contributed by atoms with Crippen LogP contribution >= 0.6 is 0 Å². The van der Waals surface area contributed by atoms with E-state index >= 15 is 0 Å². The highest BCUT2D eigenvalue weighted by molar-refractivity contribution is 5.77. The molecule has 0 radical (unpaired) electrons. The number of oxazole rings is 1. The molecule has 3 heteroatoms. The number of aromatic nitrogens is 1. The molecule has 0 aliphatic carbocycles. The predicted octanol–water partition coefficient (Wildman–Crippen LogP) is 3.20. The number of rotatable bonds is 3. The number of hydrogen-bond donors (Lipinski definition) is 1. The van der Waals surface area contributed by atoms with Crippen molar-refractivity contribution in [1.82, 2.24) is 4.98 Å². The lowest BCUT2D eigenvalue weighted by molar-refractivity contribution is 0.561. The van der Waals surface area contributed by atoms with Crippen LogP contribution < -0.4 is 5.32 Å². The van der Waals surface area contributed by atoms with Crippen LogP contribution in [0.25, 0.3) is 11.1 Å². The number of hydrogen-bond acceptors (Lipinski definition) is 3. The van der Waals surface area contributed by atoms with Gasteiger partial charge in [0.2, 0.25) is 0 Å². The number of nitrogens with zero attached hydrogens (tertiary/aromatic N) is 1. The zero-order valence-electron chi connectivity index (χ0n) is 9.37. The summed E-state index contributed by atoms with van der Waals surface area (Å²) in [7, 11) is 0. The molecule has 0 spiro atoms. The first-order valence-electron chi connectivity index (χ1n) is 5.26. The molecule has 1 heterocycles. The molecule has 1 aromatic heterocycles. The fourth-order valence-corrected chi connectivity index (χ4v) is 1.47. The second kappa shape index (κ2) is 3.93. The minimum absolute atomic E-state index is 0.636. The second-order valence-corrected chi connectivity index (χ2v) is 4.19. The van der Waals surface area contributed by atoms with E-state index in [2.05, 4.69) is 24.1 Å². The van der Waals surface area contributed by atoms with Gasteiger partial charge in [-0.3, -0.25) is 0 Å². The third kappa shape index (κ3) is 2.29. The van der Waals surface area contributed by atoms with Crippen molar-refractivity contribution in [3.05, 3.63) is 24.1 Å². The molecular formula is C12H16N2O. The van der Waals surface area contributed by atoms with Gasteiger partial charge in [-0.2, -0.15) is 0 Å². The van der Waals surface area contributed by atoms with Crippen LogP contribution in [-0.2, 0) is 0 Å². The topological polar surface area (TPSA) is 38.1 Å². The molecule has 80 valence electrons. The standard InChI is InChI=1S/C12H16N2O/c1-8(2)7-13-10-4-5-11-12(6-10)15-9(3)14-11/h4-6,8,13H,7H2,1-3H3. The van der Waals surface area contributed by atoms with E-state index in [1.165, 1.54) is 0 Å². The van der Waals surface area contributed by atoms with E-state index in [-0.39, 0.29) is 0 Å². The van der Waals surface area contributed by atoms with Crippen molar-refractivity contribution in [1.29, 1.82) is 0 Å². The Balaban J connectivity index is 2.22. The quantitative estimate of drug-likeness (QED) is 0.834. The van der Waals surface area contributed by atoms with Gasteiger partial charge in [0.05, 0.1) is 0 Å². The maximum absolute atomic E-state index is 5.46. The predicted molar refractivity (Wildman–Crippen MR) is 62.1 cm³/mol. The third-order valence-electron chi connectivity index (χ3n) is 2.21. The van der Waals surface area contributed by atoms with Crippen LogP contribution in [0.1, 0.15) is 19.7 Å². The van der Waals surface area contributed by atoms with E-state index in [1.807, 2.05) is 25.1 Å². The molecule has 0 aliphatic rings. The van der Waals surface area contributed by atoms with Gasteiger partial charge >= 0.3 is 0 Å². The highest BCUT2D eigenvalue weighted by Crippen LogP contribution is 2.19. The summed E-state index contributed by atoms with van der Waals surface area (Å²) in [5.74, 6) is 1.35. The summed E-state index contributed by atoms with van der Waals surface area (Å²) in [6.07, 6.45) is 0. The Morgan fingerprint density at radius 2 is 2.20 bits per heavy atom. The van der Waals surface area contributed by atoms with E-state index in [4.69, 9.17) is 4.42 Å². The van der Waals surface area contributed by atoms with Crippen molar-refractivity contribution in [2.45, 2.75) is 20.8 Å². The maximum atomic E-state index is 5.46. The lowest BCUT2D eigenvalue weighted by Crippen LogP contribution is -2.07. The molecular weight excluding hydrogens is 188 g/mol. The van der Waals surface area contributed by atoms with Gasteiger partial charge in [0.1, 0.15) is 5.52 Å². The minimum Gasteiger partial charge on any atom is -0.441 e. The van der Waals surface area contributed by atoms with Crippen LogP contribution in [0.2, 0.25) is 0 Å². The van der Waals surface area contributed by atoms with Crippen molar-refractivity contribution in [3.63, 3.8) is 0 Å². The van der Waals surface area contributed by atoms with Crippen LogP contribution in [0, 0.1) is 12.8 Å². The summed E-state index contributed by atoms with van der Waals surface area (Å²) in [5, 5.41) is 3.36. The van der Waals surface area contributed by atoms with E-state index in [1.54, 1.807) is 0 Å². The van der Waals surface area contributed by atoms with Crippen LogP contribution in [0.5, 0.6) is 0 Å². The number of aryl methyl sites for hydroxylation is 1. The molecule has 1 N–H and O–H groups in total. The highest BCUT2D eigenvalue weighted by atomic mass is 16.3. The molecule has 0 atom stereocenters. The summed E-state index contributed by atoms with van der Waals surface area (Å²) < 4.78 is 5.46. The molecule has 2 rings (SSSR count). The van der Waals surface area contributed by atoms with Crippen LogP contribution in [0.4, 0.5) is 5.69 Å². The lowest BCUT2D eigenvalue weighted by Gasteiger charge is -2.07. The van der Waals surface area contributed by atoms with Crippen LogP contribution in [-0.4, -0.2) is 11.5 Å². The number of anilines is 1. The smallest absolute Gasteiger partial charge is 0.192 e. The Morgan fingerprint density at radius 3 is 2.93 bits per heavy atom. The van der Waals surface area contributed by atoms with E-state index in [0.29, 0.717) is 11.8 Å². The molecule has 0 aliphatic heterocycles. The fourth-order valence-electron chi connectivity index (χ4n) is 1.47. The van der Waals surface area contributed by atoms with Gasteiger partial charge in [0, 0.05) is 25.2 Å². The Bertz CT molecular complexity index is 460. The van der Waals surface area contributed by atoms with E-state index in [9.17, 15) is 0 Å². The zero-order chi connectivity index (χ0) is 10.8. The summed E-state index contributed by atoms with van der Waals surface area (Å²) in [5.41, 5.74) is 2.86. The van der Waals surface area contributed by atoms with Crippen molar-refractivity contribution < 1.29 is 4.42 Å². The Kier molecular flexibility index (Phi) is 2.62. The highest BCUT2D eigenvalue weighted by Gasteiger charge is 2.03. The summed E-state index contributed by atoms with van der Waals surface area (Å²) in [4.78, 5) is 4.26. The maximum Gasteiger partial charge on any atom is 0.192 e. The Morgan fingerprint density at radius 1 is 1.40 bits per heavy atom. The third-order valence-corrected chi connectivity index (χ3v) is 2.21. The molecule has 1 aromatic carbocycles. The average Bonchev–Trinajstić information content (AvgIpc) is 2.53. The average molecular weight is 204 g/mol. The first-order chi connectivity index (χ1) is 7.15. The molecule has 0 unspecified atom stereocenters. The molecule has 2 aromatic rings. The van der Waals surface area contributed by atoms with Crippen molar-refractivity contribution >= 4 is 16.8 Å². The molecule has 3 nitrogen and oxygen atoms in total. The van der Waals surface area contributed by atoms with E-state index < -0.39 is 0 Å². The second-order valence-electron chi connectivity index (χ2n) is 4.19. The van der Waals surface area contributed by atoms with Gasteiger partial charge in [-0.25, -0.2) is 4.98 Å². The number of nitrogens with one attached hydrogen (secondary N) is 1. The Hall–Kier alpha value is -1.51. The normalized spacial score (nSPS) is 11.2. The van der Waals surface area contributed by atoms with Gasteiger partial charge in [-0.15, -0.1) is 0 Å². The summed E-state index contributed by atoms with van der Waals surface area (Å²) >= 11 is 0. The van der Waals surface area contributed by atoms with Crippen molar-refractivity contribution in [2.24, 2.45) is 5.92 Å². The van der Waals surface area contributed by atoms with E-state index in [0.717, 1.165) is 23.3 Å². The lowest BCUT2D eigenvalue weighted by atomic mass is 10.2. The molecule has 0 saturated carbocycles. The van der Waals surface area contributed by atoms with Gasteiger partial charge in [-0.1, -0.05) is 13.8 Å². The molecule has 0 bridgehead atoms. The van der Waals surface area contributed by atoms with Gasteiger partial charge in [0.15, 0.2) is 11.5 Å². The SMILES string of the molecule is Cc1nc2ccc(NCC(C)C)cc2o1. The molecule has 0 fully saturated rings. The monoisotopic (exact) mass is 204 g/mol. The van der Waals surface area contributed by atoms with Crippen LogP contribution in [0.15, 0.2) is 22.6 Å². The largest absolute Gasteiger partial charge is 0.441 e. The number of benzene rings is 1. The summed E-state index contributed by atoms with van der Waals surface area (Å²) in [6, 6.07) is 6.01. The first kappa shape index (κ1) is 10.0. The fraction of sp³-hybridized carbons (Fsp3) is 0.417. The zero-order valence-corrected chi connectivity index (χ0v) is 9.37. The molecule has 15 heavy (non-hydrogen) atoms. The minimum atomic E-state index is 0.636. The Labute approximate surface area is 89.5 Å². The van der Waals surface area contributed by atoms with Crippen molar-refractivity contribution in [3.8, 4) is 0 Å². The molecule has 0 saturated heterocycles. The number of fused-ring (bicyclic) bond motifs is 1. The molecule has 0 amide bonds. The first-order valence-corrected chi connectivity index (χ1v) is 5.26. The van der Waals surface area contributed by atoms with Gasteiger partial charge in [0.25, 0.3) is 0 Å². The van der Waals surface area contributed by atoms with Gasteiger partial charge < -0.3 is 9.73 Å². The van der Waals surface area contributed by atoms with Crippen LogP contribution in [0.3, 0.4) is 0 Å².